The zero-order valence-electron chi connectivity index (χ0n) is 10.1. The molecule has 2 aromatic heterocycles. The van der Waals surface area contributed by atoms with Gasteiger partial charge in [0, 0.05) is 11.5 Å². The summed E-state index contributed by atoms with van der Waals surface area (Å²) in [6, 6.07) is 5.52. The average molecular weight is 257 g/mol. The molecule has 0 bridgehead atoms. The molecular formula is C12H11N5O2. The number of rotatable bonds is 3. The lowest BCUT2D eigenvalue weighted by atomic mass is 10.2. The fourth-order valence-corrected chi connectivity index (χ4v) is 1.70. The van der Waals surface area contributed by atoms with E-state index in [2.05, 4.69) is 20.2 Å². The highest BCUT2D eigenvalue weighted by Crippen LogP contribution is 2.31. The van der Waals surface area contributed by atoms with Crippen LogP contribution in [0.1, 0.15) is 0 Å². The molecule has 0 saturated heterocycles. The Morgan fingerprint density at radius 1 is 1.21 bits per heavy atom. The van der Waals surface area contributed by atoms with Gasteiger partial charge in [0.2, 0.25) is 11.8 Å². The Kier molecular flexibility index (Phi) is 2.64. The van der Waals surface area contributed by atoms with Crippen molar-refractivity contribution in [3.63, 3.8) is 0 Å². The number of methoxy groups -OCH3 is 1. The van der Waals surface area contributed by atoms with Gasteiger partial charge in [-0.05, 0) is 12.1 Å². The van der Waals surface area contributed by atoms with Gasteiger partial charge in [-0.25, -0.2) is 0 Å². The van der Waals surface area contributed by atoms with E-state index in [9.17, 15) is 0 Å². The van der Waals surface area contributed by atoms with Crippen LogP contribution >= 0.6 is 0 Å². The smallest absolute Gasteiger partial charge is 0.249 e. The molecule has 1 aromatic carbocycles. The topological polar surface area (TPSA) is 98.9 Å². The van der Waals surface area contributed by atoms with Gasteiger partial charge in [0.15, 0.2) is 5.69 Å². The van der Waals surface area contributed by atoms with E-state index in [0.717, 1.165) is 10.9 Å². The molecule has 2 heterocycles. The van der Waals surface area contributed by atoms with Gasteiger partial charge in [0.25, 0.3) is 0 Å². The molecule has 0 fully saturated rings. The molecule has 0 aliphatic heterocycles. The summed E-state index contributed by atoms with van der Waals surface area (Å²) in [5.74, 6) is 1.14. The number of H-pyrrole nitrogens is 1. The first-order chi connectivity index (χ1) is 9.28. The highest BCUT2D eigenvalue weighted by molar-refractivity contribution is 5.79. The normalized spacial score (nSPS) is 10.6. The number of anilines is 1. The Morgan fingerprint density at radius 2 is 2.05 bits per heavy atom. The molecule has 3 rings (SSSR count). The van der Waals surface area contributed by atoms with E-state index in [1.165, 1.54) is 13.4 Å². The Balaban J connectivity index is 1.96. The molecule has 0 saturated carbocycles. The van der Waals surface area contributed by atoms with Crippen LogP contribution in [0.25, 0.3) is 10.9 Å². The summed E-state index contributed by atoms with van der Waals surface area (Å²) < 4.78 is 10.6. The molecule has 3 N–H and O–H groups in total. The van der Waals surface area contributed by atoms with E-state index in [4.69, 9.17) is 15.2 Å². The number of aromatic amines is 1. The average Bonchev–Trinajstić information content (AvgIpc) is 2.88. The van der Waals surface area contributed by atoms with Crippen LogP contribution < -0.4 is 15.2 Å². The number of ether oxygens (including phenoxy) is 2. The standard InChI is InChI=1S/C12H11N5O2/c1-18-11-10(13)12(15-6-14-11)19-8-3-2-7-5-16-17-9(7)4-8/h2-6H,13H2,1H3,(H,16,17). The maximum atomic E-state index is 5.84. The van der Waals surface area contributed by atoms with E-state index in [0.29, 0.717) is 5.75 Å². The van der Waals surface area contributed by atoms with Crippen molar-refractivity contribution >= 4 is 16.6 Å². The van der Waals surface area contributed by atoms with Crippen molar-refractivity contribution in [2.45, 2.75) is 0 Å². The zero-order valence-corrected chi connectivity index (χ0v) is 10.1. The number of hydrogen-bond acceptors (Lipinski definition) is 6. The minimum absolute atomic E-state index is 0.255. The summed E-state index contributed by atoms with van der Waals surface area (Å²) in [5, 5.41) is 7.81. The molecule has 0 amide bonds. The van der Waals surface area contributed by atoms with Gasteiger partial charge in [0.05, 0.1) is 18.8 Å². The maximum absolute atomic E-state index is 5.84. The summed E-state index contributed by atoms with van der Waals surface area (Å²) in [5.41, 5.74) is 6.97. The fourth-order valence-electron chi connectivity index (χ4n) is 1.70. The first-order valence-corrected chi connectivity index (χ1v) is 5.53. The quantitative estimate of drug-likeness (QED) is 0.741. The Hall–Kier alpha value is -2.83. The van der Waals surface area contributed by atoms with E-state index in [1.54, 1.807) is 6.20 Å². The Morgan fingerprint density at radius 3 is 2.89 bits per heavy atom. The van der Waals surface area contributed by atoms with Crippen molar-refractivity contribution in [3.05, 3.63) is 30.7 Å². The second-order valence-corrected chi connectivity index (χ2v) is 3.82. The van der Waals surface area contributed by atoms with Crippen molar-refractivity contribution in [1.29, 1.82) is 0 Å². The molecule has 0 atom stereocenters. The van der Waals surface area contributed by atoms with Crippen LogP contribution in [0.3, 0.4) is 0 Å². The third kappa shape index (κ3) is 2.01. The molecule has 0 spiro atoms. The molecule has 0 radical (unpaired) electrons. The molecule has 96 valence electrons. The van der Waals surface area contributed by atoms with Gasteiger partial charge in [-0.15, -0.1) is 0 Å². The van der Waals surface area contributed by atoms with Gasteiger partial charge >= 0.3 is 0 Å². The van der Waals surface area contributed by atoms with Gasteiger partial charge < -0.3 is 15.2 Å². The zero-order chi connectivity index (χ0) is 13.2. The van der Waals surface area contributed by atoms with Crippen molar-refractivity contribution in [3.8, 4) is 17.5 Å². The molecule has 0 aliphatic carbocycles. The number of aromatic nitrogens is 4. The van der Waals surface area contributed by atoms with Gasteiger partial charge in [-0.3, -0.25) is 5.10 Å². The summed E-state index contributed by atoms with van der Waals surface area (Å²) in [6.07, 6.45) is 3.07. The van der Waals surface area contributed by atoms with E-state index >= 15 is 0 Å². The van der Waals surface area contributed by atoms with Gasteiger partial charge in [0.1, 0.15) is 12.1 Å². The third-order valence-electron chi connectivity index (χ3n) is 2.63. The number of benzene rings is 1. The van der Waals surface area contributed by atoms with E-state index in [1.807, 2.05) is 18.2 Å². The summed E-state index contributed by atoms with van der Waals surface area (Å²) in [6.45, 7) is 0. The highest BCUT2D eigenvalue weighted by Gasteiger charge is 2.10. The maximum Gasteiger partial charge on any atom is 0.249 e. The lowest BCUT2D eigenvalue weighted by Gasteiger charge is -2.08. The second-order valence-electron chi connectivity index (χ2n) is 3.82. The molecule has 3 aromatic rings. The monoisotopic (exact) mass is 257 g/mol. The van der Waals surface area contributed by atoms with Crippen LogP contribution in [-0.4, -0.2) is 27.3 Å². The lowest BCUT2D eigenvalue weighted by molar-refractivity contribution is 0.391. The lowest BCUT2D eigenvalue weighted by Crippen LogP contribution is -2.00. The van der Waals surface area contributed by atoms with Crippen LogP contribution in [0, 0.1) is 0 Å². The minimum Gasteiger partial charge on any atom is -0.479 e. The number of hydrogen-bond donors (Lipinski definition) is 2. The van der Waals surface area contributed by atoms with E-state index < -0.39 is 0 Å². The number of fused-ring (bicyclic) bond motifs is 1. The third-order valence-corrected chi connectivity index (χ3v) is 2.63. The van der Waals surface area contributed by atoms with Crippen molar-refractivity contribution in [2.24, 2.45) is 0 Å². The number of nitrogens with one attached hydrogen (secondary N) is 1. The van der Waals surface area contributed by atoms with Crippen LogP contribution in [0.15, 0.2) is 30.7 Å². The predicted octanol–water partition coefficient (Wildman–Crippen LogP) is 1.74. The fraction of sp³-hybridized carbons (Fsp3) is 0.0833. The predicted molar refractivity (Wildman–Crippen MR) is 69.2 cm³/mol. The largest absolute Gasteiger partial charge is 0.479 e. The van der Waals surface area contributed by atoms with Crippen LogP contribution in [0.5, 0.6) is 17.5 Å². The highest BCUT2D eigenvalue weighted by atomic mass is 16.5. The molecule has 0 unspecified atom stereocenters. The number of nitrogen functional groups attached to an aromatic ring is 1. The SMILES string of the molecule is COc1ncnc(Oc2ccc3cn[nH]c3c2)c1N. The molecule has 0 aliphatic rings. The molecule has 7 nitrogen and oxygen atoms in total. The minimum atomic E-state index is 0.255. The molecule has 19 heavy (non-hydrogen) atoms. The summed E-state index contributed by atoms with van der Waals surface area (Å²) in [7, 11) is 1.49. The summed E-state index contributed by atoms with van der Waals surface area (Å²) >= 11 is 0. The van der Waals surface area contributed by atoms with Crippen LogP contribution in [-0.2, 0) is 0 Å². The van der Waals surface area contributed by atoms with Crippen molar-refractivity contribution in [2.75, 3.05) is 12.8 Å². The molecular weight excluding hydrogens is 246 g/mol. The first kappa shape index (κ1) is 11.3. The van der Waals surface area contributed by atoms with E-state index in [-0.39, 0.29) is 17.4 Å². The first-order valence-electron chi connectivity index (χ1n) is 5.53. The number of nitrogens with two attached hydrogens (primary N) is 1. The second kappa shape index (κ2) is 4.45. The van der Waals surface area contributed by atoms with Crippen LogP contribution in [0.4, 0.5) is 5.69 Å². The Labute approximate surface area is 108 Å². The van der Waals surface area contributed by atoms with Gasteiger partial charge in [-0.1, -0.05) is 0 Å². The van der Waals surface area contributed by atoms with Crippen LogP contribution in [0.2, 0.25) is 0 Å². The number of nitrogens with zero attached hydrogens (tertiary/aromatic N) is 3. The van der Waals surface area contributed by atoms with Gasteiger partial charge in [-0.2, -0.15) is 15.1 Å². The molecule has 7 heteroatoms. The summed E-state index contributed by atoms with van der Waals surface area (Å²) in [4.78, 5) is 7.87. The Bertz CT molecular complexity index is 725. The van der Waals surface area contributed by atoms with Crippen molar-refractivity contribution in [1.82, 2.24) is 20.2 Å². The van der Waals surface area contributed by atoms with Crippen molar-refractivity contribution < 1.29 is 9.47 Å².